The molecule has 10 aromatic rings. The highest BCUT2D eigenvalue weighted by molar-refractivity contribution is 5.91. The van der Waals surface area contributed by atoms with Gasteiger partial charge < -0.3 is 46.6 Å². The summed E-state index contributed by atoms with van der Waals surface area (Å²) in [6, 6.07) is 73.6. The summed E-state index contributed by atoms with van der Waals surface area (Å²) in [7, 11) is 0. The Kier molecular flexibility index (Phi) is 12.2. The molecular weight excluding hydrogens is 857 g/mol. The zero-order valence-corrected chi connectivity index (χ0v) is 37.3. The zero-order chi connectivity index (χ0) is 47.1. The Balaban J connectivity index is 1.05. The van der Waals surface area contributed by atoms with Gasteiger partial charge in [0.2, 0.25) is 0 Å². The zero-order valence-electron chi connectivity index (χ0n) is 37.3. The minimum atomic E-state index is 0.620. The van der Waals surface area contributed by atoms with Crippen LogP contribution in [0.2, 0.25) is 0 Å². The predicted molar refractivity (Wildman–Crippen MR) is 278 cm³/mol. The number of ether oxygens (including phenoxy) is 5. The van der Waals surface area contributed by atoms with Gasteiger partial charge in [-0.05, 0) is 143 Å². The molecule has 8 N–H and O–H groups in total. The molecule has 69 heavy (non-hydrogen) atoms. The van der Waals surface area contributed by atoms with Crippen LogP contribution in [-0.4, -0.2) is 0 Å². The van der Waals surface area contributed by atoms with Gasteiger partial charge in [-0.15, -0.1) is 0 Å². The number of nitrogen functional groups attached to an aromatic ring is 4. The molecule has 0 aliphatic rings. The van der Waals surface area contributed by atoms with Gasteiger partial charge in [-0.1, -0.05) is 97.1 Å². The summed E-state index contributed by atoms with van der Waals surface area (Å²) in [6.45, 7) is 0. The van der Waals surface area contributed by atoms with Crippen LogP contribution in [0.3, 0.4) is 0 Å². The second-order valence-corrected chi connectivity index (χ2v) is 16.3. The van der Waals surface area contributed by atoms with Crippen LogP contribution in [0.4, 0.5) is 22.7 Å². The molecule has 0 atom stereocenters. The van der Waals surface area contributed by atoms with E-state index in [1.165, 1.54) is 0 Å². The first-order valence-corrected chi connectivity index (χ1v) is 22.3. The minimum absolute atomic E-state index is 0.620. The van der Waals surface area contributed by atoms with Gasteiger partial charge in [0.1, 0.15) is 57.5 Å². The Morgan fingerprint density at radius 1 is 0.217 bits per heavy atom. The van der Waals surface area contributed by atoms with Crippen LogP contribution in [0, 0.1) is 0 Å². The summed E-state index contributed by atoms with van der Waals surface area (Å²) in [5, 5.41) is 0. The number of anilines is 4. The highest BCUT2D eigenvalue weighted by Gasteiger charge is 2.20. The van der Waals surface area contributed by atoms with Crippen LogP contribution in [-0.2, 0) is 0 Å². The molecule has 0 fully saturated rings. The first-order valence-electron chi connectivity index (χ1n) is 22.3. The summed E-state index contributed by atoms with van der Waals surface area (Å²) < 4.78 is 32.0. The van der Waals surface area contributed by atoms with Gasteiger partial charge in [0.25, 0.3) is 0 Å². The van der Waals surface area contributed by atoms with Gasteiger partial charge in [-0.3, -0.25) is 0 Å². The van der Waals surface area contributed by atoms with Crippen LogP contribution in [0.15, 0.2) is 231 Å². The molecule has 0 saturated heterocycles. The van der Waals surface area contributed by atoms with Crippen LogP contribution < -0.4 is 46.6 Å². The Labute approximate surface area is 400 Å². The maximum atomic E-state index is 7.22. The summed E-state index contributed by atoms with van der Waals surface area (Å²) in [5.74, 6) is 6.57. The van der Waals surface area contributed by atoms with E-state index < -0.39 is 0 Å². The molecule has 10 rings (SSSR count). The molecule has 0 unspecified atom stereocenters. The molecule has 0 amide bonds. The Bertz CT molecular complexity index is 3170. The summed E-state index contributed by atoms with van der Waals surface area (Å²) in [4.78, 5) is 0. The predicted octanol–water partition coefficient (Wildman–Crippen LogP) is 15.6. The first kappa shape index (κ1) is 43.3. The minimum Gasteiger partial charge on any atom is -0.457 e. The van der Waals surface area contributed by atoms with E-state index in [1.807, 2.05) is 194 Å². The van der Waals surface area contributed by atoms with Gasteiger partial charge >= 0.3 is 0 Å². The molecule has 0 heterocycles. The van der Waals surface area contributed by atoms with Gasteiger partial charge in [0.15, 0.2) is 0 Å². The lowest BCUT2D eigenvalue weighted by Crippen LogP contribution is -1.96. The fourth-order valence-corrected chi connectivity index (χ4v) is 8.07. The van der Waals surface area contributed by atoms with Crippen LogP contribution >= 0.6 is 0 Å². The van der Waals surface area contributed by atoms with Crippen molar-refractivity contribution in [2.75, 3.05) is 22.9 Å². The molecule has 9 heteroatoms. The molecule has 9 nitrogen and oxygen atoms in total. The van der Waals surface area contributed by atoms with E-state index in [1.54, 1.807) is 24.3 Å². The number of benzene rings is 10. The monoisotopic (exact) mass is 902 g/mol. The summed E-state index contributed by atoms with van der Waals surface area (Å²) in [5.41, 5.74) is 34.1. The van der Waals surface area contributed by atoms with E-state index in [0.29, 0.717) is 80.2 Å². The maximum absolute atomic E-state index is 7.22. The van der Waals surface area contributed by atoms with Crippen molar-refractivity contribution in [2.24, 2.45) is 0 Å². The highest BCUT2D eigenvalue weighted by Crippen LogP contribution is 2.47. The first-order chi connectivity index (χ1) is 33.8. The van der Waals surface area contributed by atoms with E-state index in [9.17, 15) is 0 Å². The Morgan fingerprint density at radius 2 is 0.478 bits per heavy atom. The smallest absolute Gasteiger partial charge is 0.135 e. The third kappa shape index (κ3) is 10.3. The van der Waals surface area contributed by atoms with Crippen LogP contribution in [0.25, 0.3) is 44.5 Å². The maximum Gasteiger partial charge on any atom is 0.135 e. The lowest BCUT2D eigenvalue weighted by molar-refractivity contribution is 0.482. The van der Waals surface area contributed by atoms with E-state index in [0.717, 1.165) is 44.5 Å². The number of rotatable bonds is 14. The quantitative estimate of drug-likeness (QED) is 0.0782. The SMILES string of the molecule is Nc1cccc(Oc2ccc(-c3cccc(Oc4cccc(-c5ccc(Oc6cccc(N)c6)cc5)c4-c4ccc(Oc5cccc(N)c5)cc4)c3-c3ccc(Oc4cccc(N)c4)cc3)cc2)c1. The van der Waals surface area contributed by atoms with Crippen LogP contribution in [0.1, 0.15) is 0 Å². The standard InChI is InChI=1S/C60H46N4O5/c61-43-7-1-11-51(35-43)65-47-27-19-39(20-28-47)55-15-5-17-57(59(55)41-23-31-49(32-24-41)67-53-13-3-9-45(63)37-53)69-58-18-6-16-56(40-21-29-48(30-22-40)66-52-12-2-8-44(62)36-52)60(58)42-25-33-50(34-26-42)68-54-14-4-10-46(64)38-54/h1-38H,61-64H2. The number of nitrogens with two attached hydrogens (primary N) is 4. The molecule has 0 saturated carbocycles. The van der Waals surface area contributed by atoms with Crippen molar-refractivity contribution in [3.8, 4) is 102 Å². The molecule has 336 valence electrons. The van der Waals surface area contributed by atoms with Gasteiger partial charge in [0.05, 0.1) is 0 Å². The molecular formula is C60H46N4O5. The fraction of sp³-hybridized carbons (Fsp3) is 0. The van der Waals surface area contributed by atoms with Crippen molar-refractivity contribution in [3.63, 3.8) is 0 Å². The van der Waals surface area contributed by atoms with E-state index in [-0.39, 0.29) is 0 Å². The van der Waals surface area contributed by atoms with E-state index in [4.69, 9.17) is 46.6 Å². The second kappa shape index (κ2) is 19.5. The molecule has 0 aliphatic heterocycles. The second-order valence-electron chi connectivity index (χ2n) is 16.3. The van der Waals surface area contributed by atoms with Crippen molar-refractivity contribution in [1.29, 1.82) is 0 Å². The number of hydrogen-bond acceptors (Lipinski definition) is 9. The lowest BCUT2D eigenvalue weighted by Gasteiger charge is -2.20. The molecule has 10 aromatic carbocycles. The average Bonchev–Trinajstić information content (AvgIpc) is 3.35. The highest BCUT2D eigenvalue weighted by atomic mass is 16.5. The topological polar surface area (TPSA) is 150 Å². The van der Waals surface area contributed by atoms with Crippen molar-refractivity contribution in [3.05, 3.63) is 231 Å². The third-order valence-electron chi connectivity index (χ3n) is 11.3. The van der Waals surface area contributed by atoms with Gasteiger partial charge in [-0.25, -0.2) is 0 Å². The molecule has 0 bridgehead atoms. The van der Waals surface area contributed by atoms with E-state index in [2.05, 4.69) is 12.1 Å². The third-order valence-corrected chi connectivity index (χ3v) is 11.3. The molecule has 0 aromatic heterocycles. The van der Waals surface area contributed by atoms with Crippen molar-refractivity contribution < 1.29 is 23.7 Å². The number of hydrogen-bond donors (Lipinski definition) is 4. The van der Waals surface area contributed by atoms with Crippen LogP contribution in [0.5, 0.6) is 57.5 Å². The normalized spacial score (nSPS) is 10.8. The average molecular weight is 903 g/mol. The summed E-state index contributed by atoms with van der Waals surface area (Å²) in [6.07, 6.45) is 0. The molecule has 0 aliphatic carbocycles. The Hall–Kier alpha value is -9.60. The summed E-state index contributed by atoms with van der Waals surface area (Å²) >= 11 is 0. The van der Waals surface area contributed by atoms with Gasteiger partial charge in [0, 0.05) is 58.1 Å². The lowest BCUT2D eigenvalue weighted by atomic mass is 9.92. The molecule has 0 spiro atoms. The van der Waals surface area contributed by atoms with Crippen molar-refractivity contribution in [2.45, 2.75) is 0 Å². The van der Waals surface area contributed by atoms with E-state index >= 15 is 0 Å². The fourth-order valence-electron chi connectivity index (χ4n) is 8.07. The molecule has 0 radical (unpaired) electrons. The largest absolute Gasteiger partial charge is 0.457 e. The van der Waals surface area contributed by atoms with Crippen molar-refractivity contribution >= 4 is 22.7 Å². The van der Waals surface area contributed by atoms with Crippen molar-refractivity contribution in [1.82, 2.24) is 0 Å². The Morgan fingerprint density at radius 3 is 0.754 bits per heavy atom. The van der Waals surface area contributed by atoms with Gasteiger partial charge in [-0.2, -0.15) is 0 Å².